The number of aryl methyl sites for hydroxylation is 1. The molecule has 0 saturated heterocycles. The molecule has 5 aromatic rings. The van der Waals surface area contributed by atoms with Gasteiger partial charge in [-0.2, -0.15) is 0 Å². The Morgan fingerprint density at radius 2 is 1.71 bits per heavy atom. The first-order valence-electron chi connectivity index (χ1n) is 29.8. The van der Waals surface area contributed by atoms with E-state index in [0.717, 1.165) is 75.3 Å². The highest BCUT2D eigenvalue weighted by Gasteiger charge is 2.59. The molecule has 0 radical (unpaired) electrons. The molecule has 9 unspecified atom stereocenters. The van der Waals surface area contributed by atoms with Crippen molar-refractivity contribution < 1.29 is 48.3 Å². The molecule has 9 atom stereocenters. The number of esters is 2. The van der Waals surface area contributed by atoms with Crippen molar-refractivity contribution in [2.75, 3.05) is 26.9 Å². The van der Waals surface area contributed by atoms with Crippen LogP contribution in [0.25, 0.3) is 17.0 Å². The zero-order valence-corrected chi connectivity index (χ0v) is 46.4. The van der Waals surface area contributed by atoms with Crippen LogP contribution in [-0.2, 0) is 48.7 Å². The van der Waals surface area contributed by atoms with Gasteiger partial charge in [-0.3, -0.25) is 4.79 Å². The molecule has 11 nitrogen and oxygen atoms in total. The quantitative estimate of drug-likeness (QED) is 0.0528. The summed E-state index contributed by atoms with van der Waals surface area (Å²) in [4.78, 5) is 45.6. The van der Waals surface area contributed by atoms with Gasteiger partial charge < -0.3 is 38.7 Å². The monoisotopic (exact) mass is 1080 g/mol. The number of aliphatic hydroxyl groups is 3. The lowest BCUT2D eigenvalue weighted by molar-refractivity contribution is -0.204. The van der Waals surface area contributed by atoms with Crippen LogP contribution < -0.4 is 10.4 Å². The summed E-state index contributed by atoms with van der Waals surface area (Å²) >= 11 is 0. The van der Waals surface area contributed by atoms with Crippen molar-refractivity contribution in [3.05, 3.63) is 162 Å². The molecule has 0 amide bonds. The molecule has 4 aromatic carbocycles. The number of benzene rings is 4. The Bertz CT molecular complexity index is 3360. The first-order chi connectivity index (χ1) is 39.1. The van der Waals surface area contributed by atoms with Gasteiger partial charge in [0.15, 0.2) is 17.8 Å². The Hall–Kier alpha value is -6.29. The topological polar surface area (TPSA) is 162 Å². The molecule has 12 rings (SSSR count). The highest BCUT2D eigenvalue weighted by molar-refractivity contribution is 5.90. The van der Waals surface area contributed by atoms with Crippen LogP contribution >= 0.6 is 0 Å². The van der Waals surface area contributed by atoms with Gasteiger partial charge in [0.1, 0.15) is 11.3 Å². The lowest BCUT2D eigenvalue weighted by Gasteiger charge is -2.51. The summed E-state index contributed by atoms with van der Waals surface area (Å²) in [5, 5.41) is 32.4. The van der Waals surface area contributed by atoms with Gasteiger partial charge in [-0.25, -0.2) is 9.59 Å². The summed E-state index contributed by atoms with van der Waals surface area (Å²) in [6, 6.07) is 28.5. The number of ether oxygens (including phenoxy) is 4. The molecule has 4 aliphatic carbocycles. The molecule has 4 heterocycles. The van der Waals surface area contributed by atoms with E-state index in [-0.39, 0.29) is 91.3 Å². The molecule has 0 spiro atoms. The van der Waals surface area contributed by atoms with E-state index in [2.05, 4.69) is 90.7 Å². The molecule has 3 aliphatic heterocycles. The van der Waals surface area contributed by atoms with E-state index >= 15 is 9.59 Å². The van der Waals surface area contributed by atoms with E-state index < -0.39 is 47.9 Å². The molecule has 3 fully saturated rings. The third-order valence-corrected chi connectivity index (χ3v) is 20.0. The van der Waals surface area contributed by atoms with Crippen molar-refractivity contribution in [1.29, 1.82) is 0 Å². The zero-order valence-electron chi connectivity index (χ0n) is 46.4. The van der Waals surface area contributed by atoms with Crippen LogP contribution in [0.4, 0.5) is 0 Å². The average Bonchev–Trinajstić information content (AvgIpc) is 3.68. The van der Waals surface area contributed by atoms with Crippen LogP contribution in [0.2, 0.25) is 0 Å². The Morgan fingerprint density at radius 3 is 2.54 bits per heavy atom. The van der Waals surface area contributed by atoms with E-state index in [1.165, 1.54) is 47.8 Å². The number of allylic oxidation sites excluding steroid dienone is 1. The fourth-order valence-corrected chi connectivity index (χ4v) is 16.1. The van der Waals surface area contributed by atoms with Crippen LogP contribution in [0.1, 0.15) is 189 Å². The number of carbonyl (C=O) groups is 2. The Balaban J connectivity index is 1.03. The maximum absolute atomic E-state index is 15.7. The number of hydrogen-bond acceptors (Lipinski definition) is 11. The Labute approximate surface area is 469 Å². The van der Waals surface area contributed by atoms with Gasteiger partial charge in [-0.15, -0.1) is 0 Å². The number of hydrogen-bond donors (Lipinski definition) is 3. The van der Waals surface area contributed by atoms with Crippen molar-refractivity contribution in [3.8, 4) is 17.6 Å². The molecule has 3 saturated carbocycles. The van der Waals surface area contributed by atoms with E-state index in [4.69, 9.17) is 23.4 Å². The summed E-state index contributed by atoms with van der Waals surface area (Å²) in [5.41, 5.74) is 8.13. The molecular weight excluding hydrogens is 1000 g/mol. The standard InChI is InChI=1S/C69H76O11/c1-42(39-71)53-26-21-43-22-27-54-47(35-43)14-8-11-33-69(51-17-4-3-5-18-51)65(79-66(53)74)64(62-59(80-69)30-29-56-57(40-72)61(67(75)78-63(56)62)48(31-34-70)41-76-2)77-60(73)38-49-36-46(24-28-55(49)54)45-15-12-19-52(37-45)68-32-10-9-16-50(68)25-23-44-13-6-7-20-58(44)68/h6-7,12-13,15,19-20,22-23,25,27,29-30,35,37,46,48-51,55,64-65,70-72H,3-5,9-10,14,16-18,21,24,26,28,31-34,36,38-41H2,1-2H3. The summed E-state index contributed by atoms with van der Waals surface area (Å²) < 4.78 is 33.4. The van der Waals surface area contributed by atoms with Crippen LogP contribution in [-0.4, -0.2) is 65.9 Å². The van der Waals surface area contributed by atoms with Gasteiger partial charge in [-0.05, 0) is 157 Å². The number of fused-ring (bicyclic) bond motifs is 12. The minimum atomic E-state index is -1.35. The fraction of sp³-hybridized carbons (Fsp3) is 0.493. The smallest absolute Gasteiger partial charge is 0.340 e. The summed E-state index contributed by atoms with van der Waals surface area (Å²) in [6.07, 6.45) is 15.4. The lowest BCUT2D eigenvalue weighted by atomic mass is 9.56. The Morgan fingerprint density at radius 1 is 0.863 bits per heavy atom. The van der Waals surface area contributed by atoms with E-state index in [1.807, 2.05) is 0 Å². The average molecular weight is 1080 g/mol. The molecule has 5 bridgehead atoms. The molecule has 3 N–H and O–H groups in total. The van der Waals surface area contributed by atoms with Crippen LogP contribution in [0, 0.1) is 29.6 Å². The van der Waals surface area contributed by atoms with Gasteiger partial charge >= 0.3 is 17.6 Å². The molecule has 11 heteroatoms. The van der Waals surface area contributed by atoms with Gasteiger partial charge in [0.2, 0.25) is 0 Å². The second-order valence-corrected chi connectivity index (χ2v) is 24.2. The molecule has 418 valence electrons. The van der Waals surface area contributed by atoms with E-state index in [1.54, 1.807) is 19.1 Å². The van der Waals surface area contributed by atoms with E-state index in [9.17, 15) is 20.1 Å². The molecule has 80 heavy (non-hydrogen) atoms. The predicted molar refractivity (Wildman–Crippen MR) is 306 cm³/mol. The summed E-state index contributed by atoms with van der Waals surface area (Å²) in [5.74, 6) is 6.04. The van der Waals surface area contributed by atoms with Crippen molar-refractivity contribution in [2.45, 2.75) is 170 Å². The van der Waals surface area contributed by atoms with Crippen molar-refractivity contribution in [3.63, 3.8) is 0 Å². The highest BCUT2D eigenvalue weighted by atomic mass is 16.6. The molecular formula is C69H76O11. The number of aliphatic hydroxyl groups excluding tert-OH is 3. The van der Waals surface area contributed by atoms with Gasteiger partial charge in [-0.1, -0.05) is 123 Å². The SMILES string of the molecule is COCC(CCO)c1c(CO)c2ccc3c(c2oc1=O)C1OC(=O)CC2CC(c4cccc(C56CCCCC5C=Cc5ccccc56)c4)CCC2c2ccc4cc2CC#CCC(C2CCCCC2)(O3)C1OC(=O)C(=C(C)CO)CC4. The molecule has 1 aromatic heterocycles. The largest absolute Gasteiger partial charge is 0.481 e. The number of carbonyl (C=O) groups excluding carboxylic acids is 2. The second-order valence-electron chi connectivity index (χ2n) is 24.2. The zero-order chi connectivity index (χ0) is 55.1. The van der Waals surface area contributed by atoms with Crippen molar-refractivity contribution in [1.82, 2.24) is 0 Å². The first kappa shape index (κ1) is 54.3. The highest BCUT2D eigenvalue weighted by Crippen LogP contribution is 2.57. The normalized spacial score (nSPS) is 28.5. The van der Waals surface area contributed by atoms with Crippen LogP contribution in [0.5, 0.6) is 5.75 Å². The minimum absolute atomic E-state index is 0.00716. The van der Waals surface area contributed by atoms with Gasteiger partial charge in [0.25, 0.3) is 0 Å². The van der Waals surface area contributed by atoms with E-state index in [0.29, 0.717) is 46.6 Å². The number of methoxy groups -OCH3 is 1. The summed E-state index contributed by atoms with van der Waals surface area (Å²) in [7, 11) is 1.52. The van der Waals surface area contributed by atoms with Crippen molar-refractivity contribution >= 4 is 29.0 Å². The first-order valence-corrected chi connectivity index (χ1v) is 29.8. The van der Waals surface area contributed by atoms with Crippen molar-refractivity contribution in [2.24, 2.45) is 17.8 Å². The fourth-order valence-electron chi connectivity index (χ4n) is 16.1. The van der Waals surface area contributed by atoms with Gasteiger partial charge in [0, 0.05) is 60.3 Å². The van der Waals surface area contributed by atoms with Gasteiger partial charge in [0.05, 0.1) is 31.8 Å². The second kappa shape index (κ2) is 22.9. The number of rotatable bonds is 10. The maximum Gasteiger partial charge on any atom is 0.340 e. The maximum atomic E-state index is 15.7. The summed E-state index contributed by atoms with van der Waals surface area (Å²) in [6.45, 7) is 0.708. The Kier molecular flexibility index (Phi) is 15.6. The lowest BCUT2D eigenvalue weighted by Crippen LogP contribution is -2.60. The minimum Gasteiger partial charge on any atom is -0.481 e. The third kappa shape index (κ3) is 9.65. The van der Waals surface area contributed by atoms with Crippen LogP contribution in [0.15, 0.2) is 105 Å². The van der Waals surface area contributed by atoms with Crippen LogP contribution in [0.3, 0.4) is 0 Å². The predicted octanol–water partition coefficient (Wildman–Crippen LogP) is 12.1. The third-order valence-electron chi connectivity index (χ3n) is 20.0. The molecule has 7 aliphatic rings.